The molecule has 3 aromatic rings. The van der Waals surface area contributed by atoms with Crippen molar-refractivity contribution in [3.05, 3.63) is 72.1 Å². The van der Waals surface area contributed by atoms with Crippen LogP contribution in [0, 0.1) is 6.92 Å². The molecule has 0 aliphatic rings. The lowest BCUT2D eigenvalue weighted by atomic mass is 10.00. The molecule has 0 bridgehead atoms. The van der Waals surface area contributed by atoms with Crippen LogP contribution >= 0.6 is 0 Å². The smallest absolute Gasteiger partial charge is 0.258 e. The van der Waals surface area contributed by atoms with Crippen molar-refractivity contribution in [3.63, 3.8) is 0 Å². The first-order chi connectivity index (χ1) is 10.2. The first-order valence-electron chi connectivity index (χ1n) is 6.70. The van der Waals surface area contributed by atoms with Gasteiger partial charge in [0.15, 0.2) is 0 Å². The maximum Gasteiger partial charge on any atom is 0.258 e. The summed E-state index contributed by atoms with van der Waals surface area (Å²) in [5.74, 6) is -0.174. The van der Waals surface area contributed by atoms with Gasteiger partial charge in [-0.05, 0) is 35.7 Å². The summed E-state index contributed by atoms with van der Waals surface area (Å²) in [6, 6.07) is 16.0. The molecule has 0 spiro atoms. The van der Waals surface area contributed by atoms with E-state index >= 15 is 0 Å². The molecule has 2 N–H and O–H groups in total. The number of carbonyl (C=O) groups is 1. The van der Waals surface area contributed by atoms with Gasteiger partial charge in [-0.2, -0.15) is 5.10 Å². The van der Waals surface area contributed by atoms with Crippen LogP contribution in [0.1, 0.15) is 15.9 Å². The number of H-pyrrole nitrogens is 1. The Bertz CT molecular complexity index is 749. The van der Waals surface area contributed by atoms with Crippen molar-refractivity contribution in [2.24, 2.45) is 0 Å². The predicted octanol–water partition coefficient (Wildman–Crippen LogP) is 3.64. The van der Waals surface area contributed by atoms with Crippen LogP contribution in [-0.2, 0) is 0 Å². The molecule has 0 aliphatic carbocycles. The third-order valence-electron chi connectivity index (χ3n) is 3.34. The van der Waals surface area contributed by atoms with E-state index in [2.05, 4.69) is 34.6 Å². The maximum atomic E-state index is 12.0. The minimum atomic E-state index is -0.174. The number of carbonyl (C=O) groups excluding carboxylic acids is 1. The molecule has 0 saturated carbocycles. The zero-order valence-corrected chi connectivity index (χ0v) is 11.6. The third-order valence-corrected chi connectivity index (χ3v) is 3.34. The lowest BCUT2D eigenvalue weighted by Crippen LogP contribution is -2.11. The summed E-state index contributed by atoms with van der Waals surface area (Å²) in [5, 5.41) is 9.29. The number of amides is 1. The van der Waals surface area contributed by atoms with E-state index in [1.165, 1.54) is 11.8 Å². The van der Waals surface area contributed by atoms with Crippen LogP contribution in [-0.4, -0.2) is 16.1 Å². The van der Waals surface area contributed by atoms with E-state index in [1.807, 2.05) is 36.4 Å². The number of anilines is 1. The fourth-order valence-corrected chi connectivity index (χ4v) is 2.21. The first-order valence-corrected chi connectivity index (χ1v) is 6.70. The molecule has 0 unspecified atom stereocenters. The van der Waals surface area contributed by atoms with E-state index in [1.54, 1.807) is 6.20 Å². The Hall–Kier alpha value is -2.88. The number of aromatic nitrogens is 2. The van der Waals surface area contributed by atoms with E-state index < -0.39 is 0 Å². The lowest BCUT2D eigenvalue weighted by molar-refractivity contribution is 0.102. The van der Waals surface area contributed by atoms with Crippen molar-refractivity contribution >= 4 is 11.6 Å². The van der Waals surface area contributed by atoms with Gasteiger partial charge in [-0.3, -0.25) is 9.89 Å². The number of benzene rings is 2. The highest BCUT2D eigenvalue weighted by atomic mass is 16.1. The lowest BCUT2D eigenvalue weighted by Gasteiger charge is -2.10. The van der Waals surface area contributed by atoms with E-state index in [0.717, 1.165) is 16.8 Å². The molecule has 1 heterocycles. The Labute approximate surface area is 122 Å². The largest absolute Gasteiger partial charge is 0.322 e. The van der Waals surface area contributed by atoms with E-state index in [9.17, 15) is 4.79 Å². The molecule has 1 aromatic heterocycles. The zero-order valence-electron chi connectivity index (χ0n) is 11.6. The van der Waals surface area contributed by atoms with Gasteiger partial charge in [0.25, 0.3) is 5.91 Å². The van der Waals surface area contributed by atoms with Crippen LogP contribution in [0.15, 0.2) is 60.9 Å². The highest BCUT2D eigenvalue weighted by molar-refractivity contribution is 6.04. The van der Waals surface area contributed by atoms with Crippen molar-refractivity contribution in [3.8, 4) is 11.1 Å². The summed E-state index contributed by atoms with van der Waals surface area (Å²) in [6.45, 7) is 2.06. The highest BCUT2D eigenvalue weighted by Gasteiger charge is 2.08. The Kier molecular flexibility index (Phi) is 3.51. The van der Waals surface area contributed by atoms with Gasteiger partial charge in [-0.1, -0.05) is 36.4 Å². The fraction of sp³-hybridized carbons (Fsp3) is 0.0588. The van der Waals surface area contributed by atoms with Gasteiger partial charge in [-0.15, -0.1) is 0 Å². The van der Waals surface area contributed by atoms with Crippen LogP contribution in [0.25, 0.3) is 11.1 Å². The standard InChI is InChI=1S/C17H15N3O/c1-12-7-8-15(20-17(21)14-10-18-19-11-14)9-16(12)13-5-3-2-4-6-13/h2-11H,1H3,(H,18,19)(H,20,21). The summed E-state index contributed by atoms with van der Waals surface area (Å²) >= 11 is 0. The number of nitrogens with zero attached hydrogens (tertiary/aromatic N) is 1. The summed E-state index contributed by atoms with van der Waals surface area (Å²) in [4.78, 5) is 12.0. The second-order valence-corrected chi connectivity index (χ2v) is 4.84. The van der Waals surface area contributed by atoms with Gasteiger partial charge in [0.05, 0.1) is 11.8 Å². The van der Waals surface area contributed by atoms with Gasteiger partial charge in [0.1, 0.15) is 0 Å². The maximum absolute atomic E-state index is 12.0. The second-order valence-electron chi connectivity index (χ2n) is 4.84. The number of rotatable bonds is 3. The second kappa shape index (κ2) is 5.63. The van der Waals surface area contributed by atoms with Crippen molar-refractivity contribution in [2.75, 3.05) is 5.32 Å². The van der Waals surface area contributed by atoms with Crippen LogP contribution in [0.5, 0.6) is 0 Å². The minimum Gasteiger partial charge on any atom is -0.322 e. The number of aryl methyl sites for hydroxylation is 1. The van der Waals surface area contributed by atoms with Gasteiger partial charge in [0, 0.05) is 11.9 Å². The van der Waals surface area contributed by atoms with Crippen LogP contribution < -0.4 is 5.32 Å². The molecule has 0 aliphatic heterocycles. The van der Waals surface area contributed by atoms with E-state index in [0.29, 0.717) is 5.56 Å². The average molecular weight is 277 g/mol. The molecule has 3 rings (SSSR count). The number of aromatic amines is 1. The highest BCUT2D eigenvalue weighted by Crippen LogP contribution is 2.26. The summed E-state index contributed by atoms with van der Waals surface area (Å²) < 4.78 is 0. The number of hydrogen-bond donors (Lipinski definition) is 2. The van der Waals surface area contributed by atoms with Crippen molar-refractivity contribution in [2.45, 2.75) is 6.92 Å². The Morgan fingerprint density at radius 2 is 1.95 bits per heavy atom. The molecule has 104 valence electrons. The third kappa shape index (κ3) is 2.84. The number of nitrogens with one attached hydrogen (secondary N) is 2. The minimum absolute atomic E-state index is 0.174. The normalized spacial score (nSPS) is 10.3. The quantitative estimate of drug-likeness (QED) is 0.768. The predicted molar refractivity (Wildman–Crippen MR) is 83.2 cm³/mol. The number of hydrogen-bond acceptors (Lipinski definition) is 2. The van der Waals surface area contributed by atoms with Gasteiger partial charge in [0.2, 0.25) is 0 Å². The Morgan fingerprint density at radius 1 is 1.14 bits per heavy atom. The van der Waals surface area contributed by atoms with Gasteiger partial charge >= 0.3 is 0 Å². The fourth-order valence-electron chi connectivity index (χ4n) is 2.21. The van der Waals surface area contributed by atoms with Gasteiger partial charge in [-0.25, -0.2) is 0 Å². The summed E-state index contributed by atoms with van der Waals surface area (Å²) in [5.41, 5.74) is 4.69. The first kappa shape index (κ1) is 13.1. The van der Waals surface area contributed by atoms with E-state index in [-0.39, 0.29) is 5.91 Å². The van der Waals surface area contributed by atoms with Crippen molar-refractivity contribution in [1.29, 1.82) is 0 Å². The zero-order chi connectivity index (χ0) is 14.7. The van der Waals surface area contributed by atoms with Crippen molar-refractivity contribution in [1.82, 2.24) is 10.2 Å². The molecule has 0 radical (unpaired) electrons. The monoisotopic (exact) mass is 277 g/mol. The molecule has 0 saturated heterocycles. The van der Waals surface area contributed by atoms with Crippen LogP contribution in [0.4, 0.5) is 5.69 Å². The molecule has 1 amide bonds. The molecule has 0 fully saturated rings. The molecular weight excluding hydrogens is 262 g/mol. The van der Waals surface area contributed by atoms with Gasteiger partial charge < -0.3 is 5.32 Å². The molecule has 0 atom stereocenters. The van der Waals surface area contributed by atoms with Crippen LogP contribution in [0.3, 0.4) is 0 Å². The molecule has 21 heavy (non-hydrogen) atoms. The Balaban J connectivity index is 1.90. The summed E-state index contributed by atoms with van der Waals surface area (Å²) in [7, 11) is 0. The topological polar surface area (TPSA) is 57.8 Å². The molecular formula is C17H15N3O. The molecule has 4 heteroatoms. The van der Waals surface area contributed by atoms with E-state index in [4.69, 9.17) is 0 Å². The Morgan fingerprint density at radius 3 is 2.67 bits per heavy atom. The van der Waals surface area contributed by atoms with Crippen molar-refractivity contribution < 1.29 is 4.79 Å². The SMILES string of the molecule is Cc1ccc(NC(=O)c2cn[nH]c2)cc1-c1ccccc1. The molecule has 2 aromatic carbocycles. The summed E-state index contributed by atoms with van der Waals surface area (Å²) in [6.07, 6.45) is 3.07. The van der Waals surface area contributed by atoms with Crippen LogP contribution in [0.2, 0.25) is 0 Å². The molecule has 4 nitrogen and oxygen atoms in total. The average Bonchev–Trinajstić information content (AvgIpc) is 3.04.